The third kappa shape index (κ3) is 1380. The van der Waals surface area contributed by atoms with Gasteiger partial charge in [0.25, 0.3) is 0 Å². The summed E-state index contributed by atoms with van der Waals surface area (Å²) in [6.45, 7) is 0. The van der Waals surface area contributed by atoms with Crippen LogP contribution < -0.4 is 0 Å². The summed E-state index contributed by atoms with van der Waals surface area (Å²) in [6.07, 6.45) is 0. The molecule has 0 saturated heterocycles. The fraction of sp³-hybridized carbons (Fsp3) is 0. The van der Waals surface area contributed by atoms with Crippen molar-refractivity contribution in [2.75, 3.05) is 0 Å². The fourth-order valence-electron chi connectivity index (χ4n) is 0. The standard InChI is InChI=1S/BH3O3.Li.H4O4Si.H/c2-1(3)4;;1-5(2,3)4;/h2-4H;;1-4H;. The van der Waals surface area contributed by atoms with Crippen molar-refractivity contribution in [2.24, 2.45) is 0 Å². The van der Waals surface area contributed by atoms with Crippen LogP contribution in [0.15, 0.2) is 0 Å². The molecule has 0 heterocycles. The maximum absolute atomic E-state index is 7.33. The Bertz CT molecular complexity index is 50.4. The first-order valence-electron chi connectivity index (χ1n) is 1.67. The van der Waals surface area contributed by atoms with Crippen molar-refractivity contribution in [3.63, 3.8) is 0 Å². The summed E-state index contributed by atoms with van der Waals surface area (Å²) in [5.41, 5.74) is 0. The van der Waals surface area contributed by atoms with Crippen LogP contribution in [0.5, 0.6) is 0 Å². The van der Waals surface area contributed by atoms with Crippen molar-refractivity contribution >= 4 is 35.2 Å². The monoisotopic (exact) mass is 166 g/mol. The van der Waals surface area contributed by atoms with E-state index in [1.54, 1.807) is 0 Å². The predicted molar refractivity (Wildman–Crippen MR) is 34.2 cm³/mol. The second kappa shape index (κ2) is 7.70. The molecule has 0 atom stereocenters. The molecule has 0 aromatic heterocycles. The minimum absolute atomic E-state index is 0. The Kier molecular flexibility index (Phi) is 13.0. The fourth-order valence-corrected chi connectivity index (χ4v) is 0. The van der Waals surface area contributed by atoms with Gasteiger partial charge in [-0.3, -0.25) is 0 Å². The summed E-state index contributed by atoms with van der Waals surface area (Å²) < 4.78 is 0. The molecule has 10 heavy (non-hydrogen) atoms. The molecule has 0 aliphatic carbocycles. The summed E-state index contributed by atoms with van der Waals surface area (Å²) in [5.74, 6) is 0. The van der Waals surface area contributed by atoms with E-state index in [2.05, 4.69) is 0 Å². The zero-order chi connectivity index (χ0) is 8.08. The average molecular weight is 166 g/mol. The second-order valence-electron chi connectivity index (χ2n) is 0.946. The van der Waals surface area contributed by atoms with Gasteiger partial charge in [0, 0.05) is 0 Å². The van der Waals surface area contributed by atoms with Crippen LogP contribution in [0.2, 0.25) is 0 Å². The molecular formula is H8BLiO7Si. The van der Waals surface area contributed by atoms with E-state index in [0.29, 0.717) is 0 Å². The SMILES string of the molecule is OB(O)O.O[Si](O)(O)O.[LiH]. The first-order chi connectivity index (χ1) is 3.73. The van der Waals surface area contributed by atoms with Gasteiger partial charge in [0.2, 0.25) is 0 Å². The van der Waals surface area contributed by atoms with Gasteiger partial charge in [0.1, 0.15) is 0 Å². The first-order valence-corrected chi connectivity index (χ1v) is 3.46. The summed E-state index contributed by atoms with van der Waals surface area (Å²) in [6, 6.07) is 0. The number of hydrogen-bond acceptors (Lipinski definition) is 7. The molecule has 0 aliphatic rings. The van der Waals surface area contributed by atoms with Crippen molar-refractivity contribution in [2.45, 2.75) is 0 Å². The Morgan fingerprint density at radius 1 is 0.800 bits per heavy atom. The molecule has 0 amide bonds. The molecule has 0 bridgehead atoms. The van der Waals surface area contributed by atoms with Gasteiger partial charge in [-0.1, -0.05) is 0 Å². The molecule has 7 N–H and O–H groups in total. The zero-order valence-corrected chi connectivity index (χ0v) is 5.21. The van der Waals surface area contributed by atoms with Crippen molar-refractivity contribution < 1.29 is 34.3 Å². The van der Waals surface area contributed by atoms with Crippen LogP contribution in [0.1, 0.15) is 0 Å². The van der Waals surface area contributed by atoms with Crippen LogP contribution in [-0.4, -0.2) is 69.5 Å². The van der Waals surface area contributed by atoms with Crippen LogP contribution in [0.3, 0.4) is 0 Å². The van der Waals surface area contributed by atoms with Crippen LogP contribution >= 0.6 is 0 Å². The van der Waals surface area contributed by atoms with Crippen LogP contribution in [0.25, 0.3) is 0 Å². The van der Waals surface area contributed by atoms with Gasteiger partial charge in [-0.15, -0.1) is 0 Å². The molecule has 0 rings (SSSR count). The summed E-state index contributed by atoms with van der Waals surface area (Å²) >= 11 is 0. The first kappa shape index (κ1) is 16.9. The third-order valence-corrected chi connectivity index (χ3v) is 0. The Morgan fingerprint density at radius 2 is 0.800 bits per heavy atom. The molecule has 0 aromatic carbocycles. The van der Waals surface area contributed by atoms with Gasteiger partial charge in [-0.2, -0.15) is 0 Å². The normalized spacial score (nSPS) is 8.70. The van der Waals surface area contributed by atoms with E-state index >= 15 is 0 Å². The average Bonchev–Trinajstić information content (AvgIpc) is 1.19. The van der Waals surface area contributed by atoms with Crippen molar-refractivity contribution in [1.29, 1.82) is 0 Å². The van der Waals surface area contributed by atoms with E-state index in [9.17, 15) is 0 Å². The molecule has 0 aromatic rings. The zero-order valence-electron chi connectivity index (χ0n) is 4.21. The summed E-state index contributed by atoms with van der Waals surface area (Å²) in [7, 11) is -6.78. The molecule has 0 spiro atoms. The second-order valence-corrected chi connectivity index (χ2v) is 2.15. The Hall–Kier alpha value is 0.599. The topological polar surface area (TPSA) is 142 Å². The van der Waals surface area contributed by atoms with Gasteiger partial charge in [0.05, 0.1) is 0 Å². The van der Waals surface area contributed by atoms with Gasteiger partial charge in [-0.25, -0.2) is 0 Å². The molecule has 0 unspecified atom stereocenters. The predicted octanol–water partition coefficient (Wildman–Crippen LogP) is -5.31. The van der Waals surface area contributed by atoms with E-state index < -0.39 is 16.4 Å². The quantitative estimate of drug-likeness (QED) is 0.178. The van der Waals surface area contributed by atoms with Gasteiger partial charge in [0.15, 0.2) is 0 Å². The van der Waals surface area contributed by atoms with E-state index in [4.69, 9.17) is 34.3 Å². The molecule has 58 valence electrons. The van der Waals surface area contributed by atoms with Gasteiger partial charge >= 0.3 is 35.2 Å². The van der Waals surface area contributed by atoms with Crippen LogP contribution in [-0.2, 0) is 0 Å². The van der Waals surface area contributed by atoms with Crippen molar-refractivity contribution in [3.8, 4) is 0 Å². The molecule has 0 radical (unpaired) electrons. The molecule has 0 saturated carbocycles. The van der Waals surface area contributed by atoms with E-state index in [-0.39, 0.29) is 18.9 Å². The number of rotatable bonds is 0. The Balaban J connectivity index is -0.0000000910. The Labute approximate surface area is 70.0 Å². The molecule has 0 fully saturated rings. The maximum atomic E-state index is 7.33. The van der Waals surface area contributed by atoms with E-state index in [1.165, 1.54) is 0 Å². The summed E-state index contributed by atoms with van der Waals surface area (Å²) in [4.78, 5) is 29.3. The van der Waals surface area contributed by atoms with Crippen LogP contribution in [0, 0.1) is 0 Å². The van der Waals surface area contributed by atoms with E-state index in [0.717, 1.165) is 0 Å². The van der Waals surface area contributed by atoms with Gasteiger partial charge in [-0.05, 0) is 0 Å². The van der Waals surface area contributed by atoms with Gasteiger partial charge < -0.3 is 34.3 Å². The minimum atomic E-state index is -4.61. The molecule has 0 aliphatic heterocycles. The molecule has 10 heteroatoms. The molecule has 7 nitrogen and oxygen atoms in total. The summed E-state index contributed by atoms with van der Waals surface area (Å²) in [5, 5.41) is 21.5. The number of hydrogen-bond donors (Lipinski definition) is 7. The van der Waals surface area contributed by atoms with Crippen molar-refractivity contribution in [3.05, 3.63) is 0 Å². The third-order valence-electron chi connectivity index (χ3n) is 0. The van der Waals surface area contributed by atoms with E-state index in [1.807, 2.05) is 0 Å². The molecular weight excluding hydrogens is 158 g/mol. The van der Waals surface area contributed by atoms with Crippen LogP contribution in [0.4, 0.5) is 0 Å². The van der Waals surface area contributed by atoms with Crippen molar-refractivity contribution in [1.82, 2.24) is 0 Å². The Morgan fingerprint density at radius 3 is 0.800 bits per heavy atom.